The van der Waals surface area contributed by atoms with Crippen molar-refractivity contribution >= 4 is 6.09 Å². The first-order valence-electron chi connectivity index (χ1n) is 5.67. The van der Waals surface area contributed by atoms with Gasteiger partial charge in [-0.15, -0.1) is 0 Å². The molecule has 0 fully saturated rings. The van der Waals surface area contributed by atoms with Crippen molar-refractivity contribution in [2.45, 2.75) is 58.9 Å². The Labute approximate surface area is 87.2 Å². The maximum absolute atomic E-state index is 11.2. The van der Waals surface area contributed by atoms with Crippen molar-refractivity contribution < 1.29 is 9.53 Å². The minimum Gasteiger partial charge on any atom is -0.450 e. The Morgan fingerprint density at radius 1 is 1.21 bits per heavy atom. The smallest absolute Gasteiger partial charge is 0.407 e. The zero-order valence-corrected chi connectivity index (χ0v) is 9.64. The van der Waals surface area contributed by atoms with Gasteiger partial charge in [0.1, 0.15) is 0 Å². The lowest BCUT2D eigenvalue weighted by Gasteiger charge is -2.17. The van der Waals surface area contributed by atoms with Gasteiger partial charge in [0.2, 0.25) is 0 Å². The van der Waals surface area contributed by atoms with Crippen molar-refractivity contribution in [1.29, 1.82) is 0 Å². The number of rotatable bonds is 7. The summed E-state index contributed by atoms with van der Waals surface area (Å²) in [7, 11) is 0. The number of carbonyl (C=O) groups excluding carboxylic acids is 1. The molecule has 1 N–H and O–H groups in total. The zero-order chi connectivity index (χ0) is 10.8. The highest BCUT2D eigenvalue weighted by molar-refractivity contribution is 5.67. The predicted octanol–water partition coefficient (Wildman–Crippen LogP) is 3.09. The Balaban J connectivity index is 3.75. The van der Waals surface area contributed by atoms with E-state index >= 15 is 0 Å². The van der Waals surface area contributed by atoms with Crippen LogP contribution in [-0.2, 0) is 4.74 Å². The van der Waals surface area contributed by atoms with Crippen LogP contribution in [0.5, 0.6) is 0 Å². The number of carbonyl (C=O) groups is 1. The minimum absolute atomic E-state index is 0.276. The van der Waals surface area contributed by atoms with Crippen LogP contribution < -0.4 is 5.32 Å². The van der Waals surface area contributed by atoms with E-state index in [4.69, 9.17) is 4.74 Å². The fourth-order valence-corrected chi connectivity index (χ4v) is 1.43. The molecular formula is C11H23NO2. The van der Waals surface area contributed by atoms with Gasteiger partial charge < -0.3 is 10.1 Å². The quantitative estimate of drug-likeness (QED) is 0.687. The van der Waals surface area contributed by atoms with Crippen LogP contribution in [0, 0.1) is 0 Å². The molecule has 3 nitrogen and oxygen atoms in total. The average molecular weight is 201 g/mol. The number of nitrogens with one attached hydrogen (secondary N) is 1. The largest absolute Gasteiger partial charge is 0.450 e. The molecule has 0 heterocycles. The van der Waals surface area contributed by atoms with Gasteiger partial charge in [-0.05, 0) is 19.8 Å². The van der Waals surface area contributed by atoms with Crippen LogP contribution in [0.2, 0.25) is 0 Å². The highest BCUT2D eigenvalue weighted by atomic mass is 16.5. The Morgan fingerprint density at radius 3 is 2.43 bits per heavy atom. The van der Waals surface area contributed by atoms with Gasteiger partial charge in [-0.25, -0.2) is 4.79 Å². The summed E-state index contributed by atoms with van der Waals surface area (Å²) in [5.74, 6) is 0. The summed E-state index contributed by atoms with van der Waals surface area (Å²) in [5, 5.41) is 2.89. The van der Waals surface area contributed by atoms with Crippen molar-refractivity contribution in [3.63, 3.8) is 0 Å². The molecular weight excluding hydrogens is 178 g/mol. The SMILES string of the molecule is CCCCC(CCC)NC(=O)OCC. The summed E-state index contributed by atoms with van der Waals surface area (Å²) in [4.78, 5) is 11.2. The van der Waals surface area contributed by atoms with Crippen LogP contribution >= 0.6 is 0 Å². The molecule has 0 spiro atoms. The highest BCUT2D eigenvalue weighted by Crippen LogP contribution is 2.06. The molecule has 0 aromatic rings. The molecule has 0 aromatic carbocycles. The fourth-order valence-electron chi connectivity index (χ4n) is 1.43. The second-order valence-electron chi connectivity index (χ2n) is 3.49. The van der Waals surface area contributed by atoms with E-state index in [-0.39, 0.29) is 6.09 Å². The van der Waals surface area contributed by atoms with Gasteiger partial charge in [-0.3, -0.25) is 0 Å². The number of hydrogen-bond donors (Lipinski definition) is 1. The van der Waals surface area contributed by atoms with E-state index in [0.717, 1.165) is 25.7 Å². The van der Waals surface area contributed by atoms with Crippen LogP contribution in [0.25, 0.3) is 0 Å². The predicted molar refractivity (Wildman–Crippen MR) is 58.4 cm³/mol. The molecule has 14 heavy (non-hydrogen) atoms. The molecule has 0 bridgehead atoms. The van der Waals surface area contributed by atoms with Gasteiger partial charge in [0.15, 0.2) is 0 Å². The molecule has 0 aliphatic rings. The molecule has 0 aliphatic heterocycles. The average Bonchev–Trinajstić information content (AvgIpc) is 2.15. The minimum atomic E-state index is -0.276. The van der Waals surface area contributed by atoms with Gasteiger partial charge in [0, 0.05) is 6.04 Å². The van der Waals surface area contributed by atoms with Crippen LogP contribution in [-0.4, -0.2) is 18.7 Å². The van der Waals surface area contributed by atoms with E-state index in [1.807, 2.05) is 6.92 Å². The van der Waals surface area contributed by atoms with Gasteiger partial charge in [-0.1, -0.05) is 33.1 Å². The molecule has 1 unspecified atom stereocenters. The third-order valence-corrected chi connectivity index (χ3v) is 2.14. The third-order valence-electron chi connectivity index (χ3n) is 2.14. The molecule has 0 saturated heterocycles. The summed E-state index contributed by atoms with van der Waals surface area (Å²) >= 11 is 0. The molecule has 1 atom stereocenters. The topological polar surface area (TPSA) is 38.3 Å². The maximum atomic E-state index is 11.2. The summed E-state index contributed by atoms with van der Waals surface area (Å²) in [6.45, 7) is 6.55. The van der Waals surface area contributed by atoms with Crippen LogP contribution in [0.1, 0.15) is 52.9 Å². The first kappa shape index (κ1) is 13.3. The summed E-state index contributed by atoms with van der Waals surface area (Å²) in [6.07, 6.45) is 5.26. The molecule has 0 radical (unpaired) electrons. The van der Waals surface area contributed by atoms with Crippen molar-refractivity contribution in [2.75, 3.05) is 6.61 Å². The summed E-state index contributed by atoms with van der Waals surface area (Å²) < 4.78 is 4.85. The molecule has 3 heteroatoms. The molecule has 84 valence electrons. The standard InChI is InChI=1S/C11H23NO2/c1-4-7-9-10(8-5-2)12-11(13)14-6-3/h10H,4-9H2,1-3H3,(H,12,13). The monoisotopic (exact) mass is 201 g/mol. The van der Waals surface area contributed by atoms with Crippen molar-refractivity contribution in [3.05, 3.63) is 0 Å². The maximum Gasteiger partial charge on any atom is 0.407 e. The number of amides is 1. The number of ether oxygens (including phenoxy) is 1. The van der Waals surface area contributed by atoms with Crippen LogP contribution in [0.3, 0.4) is 0 Å². The normalized spacial score (nSPS) is 12.2. The van der Waals surface area contributed by atoms with Gasteiger partial charge >= 0.3 is 6.09 Å². The van der Waals surface area contributed by atoms with Crippen LogP contribution in [0.4, 0.5) is 4.79 Å². The van der Waals surface area contributed by atoms with E-state index in [0.29, 0.717) is 12.6 Å². The van der Waals surface area contributed by atoms with E-state index in [2.05, 4.69) is 19.2 Å². The van der Waals surface area contributed by atoms with Crippen molar-refractivity contribution in [1.82, 2.24) is 5.32 Å². The lowest BCUT2D eigenvalue weighted by molar-refractivity contribution is 0.146. The Bertz CT molecular complexity index is 148. The zero-order valence-electron chi connectivity index (χ0n) is 9.64. The highest BCUT2D eigenvalue weighted by Gasteiger charge is 2.10. The summed E-state index contributed by atoms with van der Waals surface area (Å²) in [5.41, 5.74) is 0. The lowest BCUT2D eigenvalue weighted by Crippen LogP contribution is -2.35. The fraction of sp³-hybridized carbons (Fsp3) is 0.909. The first-order valence-corrected chi connectivity index (χ1v) is 5.67. The number of hydrogen-bond acceptors (Lipinski definition) is 2. The molecule has 0 rings (SSSR count). The molecule has 0 saturated carbocycles. The van der Waals surface area contributed by atoms with Crippen molar-refractivity contribution in [3.8, 4) is 0 Å². The van der Waals surface area contributed by atoms with E-state index in [1.165, 1.54) is 6.42 Å². The first-order chi connectivity index (χ1) is 6.74. The van der Waals surface area contributed by atoms with Gasteiger partial charge in [0.25, 0.3) is 0 Å². The Morgan fingerprint density at radius 2 is 1.93 bits per heavy atom. The Hall–Kier alpha value is -0.730. The van der Waals surface area contributed by atoms with Crippen molar-refractivity contribution in [2.24, 2.45) is 0 Å². The second kappa shape index (κ2) is 8.85. The summed E-state index contributed by atoms with van der Waals surface area (Å²) in [6, 6.07) is 0.291. The van der Waals surface area contributed by atoms with Gasteiger partial charge in [0.05, 0.1) is 6.61 Å². The van der Waals surface area contributed by atoms with E-state index in [9.17, 15) is 4.79 Å². The molecule has 0 aromatic heterocycles. The molecule has 1 amide bonds. The van der Waals surface area contributed by atoms with Gasteiger partial charge in [-0.2, -0.15) is 0 Å². The lowest BCUT2D eigenvalue weighted by atomic mass is 10.1. The third kappa shape index (κ3) is 6.75. The second-order valence-corrected chi connectivity index (χ2v) is 3.49. The number of unbranched alkanes of at least 4 members (excludes halogenated alkanes) is 1. The number of alkyl carbamates (subject to hydrolysis) is 1. The van der Waals surface area contributed by atoms with Crippen LogP contribution in [0.15, 0.2) is 0 Å². The van der Waals surface area contributed by atoms with E-state index in [1.54, 1.807) is 0 Å². The Kier molecular flexibility index (Phi) is 8.39. The molecule has 0 aliphatic carbocycles. The van der Waals surface area contributed by atoms with E-state index < -0.39 is 0 Å².